The Morgan fingerprint density at radius 3 is 2.72 bits per heavy atom. The second-order valence-electron chi connectivity index (χ2n) is 5.47. The normalized spacial score (nSPS) is 11.2. The number of benzene rings is 1. The van der Waals surface area contributed by atoms with Crippen LogP contribution in [-0.4, -0.2) is 25.9 Å². The van der Waals surface area contributed by atoms with Crippen LogP contribution in [0.3, 0.4) is 0 Å². The van der Waals surface area contributed by atoms with Gasteiger partial charge >= 0.3 is 0 Å². The zero-order valence-corrected chi connectivity index (χ0v) is 15.4. The maximum absolute atomic E-state index is 12.3. The van der Waals surface area contributed by atoms with Crippen molar-refractivity contribution in [3.8, 4) is 0 Å². The van der Waals surface area contributed by atoms with Gasteiger partial charge in [0.1, 0.15) is 0 Å². The molecule has 7 nitrogen and oxygen atoms in total. The number of rotatable bonds is 10. The number of amides is 1. The van der Waals surface area contributed by atoms with Crippen LogP contribution in [0.1, 0.15) is 32.1 Å². The molecule has 1 aromatic carbocycles. The third kappa shape index (κ3) is 6.45. The van der Waals surface area contributed by atoms with Gasteiger partial charge in [0.15, 0.2) is 5.13 Å². The van der Waals surface area contributed by atoms with Crippen molar-refractivity contribution in [3.63, 3.8) is 0 Å². The molecule has 0 saturated heterocycles. The highest BCUT2D eigenvalue weighted by atomic mass is 32.2. The van der Waals surface area contributed by atoms with E-state index in [1.165, 1.54) is 29.7 Å². The average Bonchev–Trinajstić information content (AvgIpc) is 3.07. The molecule has 0 radical (unpaired) electrons. The average molecular weight is 383 g/mol. The van der Waals surface area contributed by atoms with Gasteiger partial charge in [-0.05, 0) is 37.6 Å². The van der Waals surface area contributed by atoms with Crippen molar-refractivity contribution in [2.45, 2.75) is 37.0 Å². The van der Waals surface area contributed by atoms with Gasteiger partial charge in [0.25, 0.3) is 10.0 Å². The molecule has 136 valence electrons. The van der Waals surface area contributed by atoms with Gasteiger partial charge in [-0.15, -0.1) is 11.3 Å². The van der Waals surface area contributed by atoms with Crippen LogP contribution in [0.5, 0.6) is 0 Å². The quantitative estimate of drug-likeness (QED) is 0.547. The minimum Gasteiger partial charge on any atom is -0.330 e. The minimum absolute atomic E-state index is 0.0726. The highest BCUT2D eigenvalue weighted by Gasteiger charge is 2.16. The number of thiazole rings is 1. The molecule has 25 heavy (non-hydrogen) atoms. The summed E-state index contributed by atoms with van der Waals surface area (Å²) in [6.07, 6.45) is 5.64. The maximum Gasteiger partial charge on any atom is 0.263 e. The van der Waals surface area contributed by atoms with Gasteiger partial charge in [0.2, 0.25) is 5.91 Å². The summed E-state index contributed by atoms with van der Waals surface area (Å²) in [5.41, 5.74) is 5.88. The smallest absolute Gasteiger partial charge is 0.263 e. The molecule has 4 N–H and O–H groups in total. The van der Waals surface area contributed by atoms with Crippen LogP contribution in [0.2, 0.25) is 0 Å². The third-order valence-electron chi connectivity index (χ3n) is 3.44. The van der Waals surface area contributed by atoms with E-state index in [0.29, 0.717) is 23.8 Å². The van der Waals surface area contributed by atoms with Crippen LogP contribution in [0.25, 0.3) is 0 Å². The van der Waals surface area contributed by atoms with Gasteiger partial charge in [0.05, 0.1) is 4.90 Å². The van der Waals surface area contributed by atoms with E-state index in [1.54, 1.807) is 17.5 Å². The van der Waals surface area contributed by atoms with Crippen LogP contribution >= 0.6 is 11.3 Å². The summed E-state index contributed by atoms with van der Waals surface area (Å²) < 4.78 is 27.1. The maximum atomic E-state index is 12.3. The topological polar surface area (TPSA) is 114 Å². The largest absolute Gasteiger partial charge is 0.330 e. The number of sulfonamides is 1. The summed E-state index contributed by atoms with van der Waals surface area (Å²) in [6, 6.07) is 6.16. The van der Waals surface area contributed by atoms with E-state index in [4.69, 9.17) is 5.73 Å². The van der Waals surface area contributed by atoms with Crippen LogP contribution in [-0.2, 0) is 14.8 Å². The number of nitrogens with one attached hydrogen (secondary N) is 2. The second-order valence-corrected chi connectivity index (χ2v) is 8.05. The van der Waals surface area contributed by atoms with Gasteiger partial charge in [-0.1, -0.05) is 18.9 Å². The van der Waals surface area contributed by atoms with E-state index in [0.717, 1.165) is 25.7 Å². The standard InChI is InChI=1S/C16H22N4O3S2/c17-9-4-2-1-3-8-15(21)19-13-6-5-7-14(12-13)25(22,23)20-16-18-10-11-24-16/h5-7,10-12H,1-4,8-9,17H2,(H,18,20)(H,19,21). The minimum atomic E-state index is -3.73. The molecule has 0 unspecified atom stereocenters. The van der Waals surface area contributed by atoms with Gasteiger partial charge in [-0.2, -0.15) is 0 Å². The third-order valence-corrected chi connectivity index (χ3v) is 5.59. The Morgan fingerprint density at radius 2 is 2.00 bits per heavy atom. The molecular weight excluding hydrogens is 360 g/mol. The van der Waals surface area contributed by atoms with Crippen molar-refractivity contribution in [2.75, 3.05) is 16.6 Å². The highest BCUT2D eigenvalue weighted by Crippen LogP contribution is 2.20. The fourth-order valence-corrected chi connectivity index (χ4v) is 4.03. The van der Waals surface area contributed by atoms with Crippen molar-refractivity contribution >= 4 is 38.1 Å². The van der Waals surface area contributed by atoms with E-state index in [1.807, 2.05) is 0 Å². The van der Waals surface area contributed by atoms with Crippen molar-refractivity contribution in [3.05, 3.63) is 35.8 Å². The summed E-state index contributed by atoms with van der Waals surface area (Å²) in [7, 11) is -3.73. The molecule has 0 aliphatic carbocycles. The van der Waals surface area contributed by atoms with Crippen molar-refractivity contribution in [2.24, 2.45) is 5.73 Å². The molecule has 0 aliphatic heterocycles. The molecule has 0 atom stereocenters. The van der Waals surface area contributed by atoms with E-state index in [-0.39, 0.29) is 10.8 Å². The lowest BCUT2D eigenvalue weighted by Crippen LogP contribution is -2.14. The van der Waals surface area contributed by atoms with Crippen LogP contribution in [0, 0.1) is 0 Å². The summed E-state index contributed by atoms with van der Waals surface area (Å²) >= 11 is 1.19. The first-order valence-corrected chi connectivity index (χ1v) is 10.4. The van der Waals surface area contributed by atoms with Crippen LogP contribution in [0.4, 0.5) is 10.8 Å². The first-order chi connectivity index (χ1) is 12.0. The predicted molar refractivity (Wildman–Crippen MR) is 100 cm³/mol. The lowest BCUT2D eigenvalue weighted by molar-refractivity contribution is -0.116. The number of carbonyl (C=O) groups excluding carboxylic acids is 1. The van der Waals surface area contributed by atoms with Crippen LogP contribution in [0.15, 0.2) is 40.7 Å². The van der Waals surface area contributed by atoms with Crippen molar-refractivity contribution in [1.82, 2.24) is 4.98 Å². The lowest BCUT2D eigenvalue weighted by Gasteiger charge is -2.09. The van der Waals surface area contributed by atoms with Crippen LogP contribution < -0.4 is 15.8 Å². The summed E-state index contributed by atoms with van der Waals surface area (Å²) in [5.74, 6) is -0.129. The zero-order valence-electron chi connectivity index (χ0n) is 13.8. The fourth-order valence-electron chi connectivity index (χ4n) is 2.20. The molecule has 9 heteroatoms. The van der Waals surface area contributed by atoms with Gasteiger partial charge in [0, 0.05) is 23.7 Å². The zero-order chi connectivity index (χ0) is 18.1. The van der Waals surface area contributed by atoms with Gasteiger partial charge in [-0.25, -0.2) is 13.4 Å². The highest BCUT2D eigenvalue weighted by molar-refractivity contribution is 7.93. The van der Waals surface area contributed by atoms with E-state index < -0.39 is 10.0 Å². The monoisotopic (exact) mass is 382 g/mol. The Hall–Kier alpha value is -1.97. The summed E-state index contributed by atoms with van der Waals surface area (Å²) in [4.78, 5) is 15.9. The predicted octanol–water partition coefficient (Wildman–Crippen LogP) is 2.79. The number of unbranched alkanes of at least 4 members (excludes halogenated alkanes) is 3. The Bertz CT molecular complexity index is 776. The molecule has 1 aromatic heterocycles. The van der Waals surface area contributed by atoms with Crippen molar-refractivity contribution < 1.29 is 13.2 Å². The molecule has 0 bridgehead atoms. The SMILES string of the molecule is NCCCCCCC(=O)Nc1cccc(S(=O)(=O)Nc2nccs2)c1. The summed E-state index contributed by atoms with van der Waals surface area (Å²) in [6.45, 7) is 0.669. The van der Waals surface area contributed by atoms with E-state index in [2.05, 4.69) is 15.0 Å². The van der Waals surface area contributed by atoms with E-state index in [9.17, 15) is 13.2 Å². The number of aromatic nitrogens is 1. The number of hydrogen-bond donors (Lipinski definition) is 3. The van der Waals surface area contributed by atoms with Crippen molar-refractivity contribution in [1.29, 1.82) is 0 Å². The lowest BCUT2D eigenvalue weighted by atomic mass is 10.1. The summed E-state index contributed by atoms with van der Waals surface area (Å²) in [5, 5.41) is 4.72. The molecular formula is C16H22N4O3S2. The fraction of sp³-hybridized carbons (Fsp3) is 0.375. The van der Waals surface area contributed by atoms with Gasteiger partial charge in [-0.3, -0.25) is 9.52 Å². The molecule has 2 aromatic rings. The molecule has 0 spiro atoms. The molecule has 1 heterocycles. The molecule has 2 rings (SSSR count). The van der Waals surface area contributed by atoms with E-state index >= 15 is 0 Å². The number of anilines is 2. The Kier molecular flexibility index (Phi) is 7.35. The molecule has 0 saturated carbocycles. The first kappa shape index (κ1) is 19.4. The number of nitrogens with two attached hydrogens (primary N) is 1. The number of hydrogen-bond acceptors (Lipinski definition) is 6. The number of carbonyl (C=O) groups is 1. The molecule has 1 amide bonds. The molecule has 0 fully saturated rings. The Balaban J connectivity index is 1.93. The first-order valence-electron chi connectivity index (χ1n) is 8.03. The van der Waals surface area contributed by atoms with Gasteiger partial charge < -0.3 is 11.1 Å². The Morgan fingerprint density at radius 1 is 1.20 bits per heavy atom. The molecule has 0 aliphatic rings. The number of nitrogens with zero attached hydrogens (tertiary/aromatic N) is 1. The second kappa shape index (κ2) is 9.50. The Labute approximate surface area is 151 Å².